The zero-order valence-corrected chi connectivity index (χ0v) is 22.2. The quantitative estimate of drug-likeness (QED) is 0.225. The summed E-state index contributed by atoms with van der Waals surface area (Å²) in [5.41, 5.74) is 13.2. The number of hydrogen-bond acceptors (Lipinski definition) is 4. The molecular weight excluding hydrogens is 488 g/mol. The van der Waals surface area contributed by atoms with E-state index in [1.165, 1.54) is 5.39 Å². The van der Waals surface area contributed by atoms with Crippen LogP contribution in [0.25, 0.3) is 61.6 Å². The number of allylic oxidation sites excluding steroid dienone is 3. The third-order valence-electron chi connectivity index (χ3n) is 6.91. The van der Waals surface area contributed by atoms with E-state index in [4.69, 9.17) is 20.7 Å². The summed E-state index contributed by atoms with van der Waals surface area (Å²) >= 11 is 0. The molecule has 4 nitrogen and oxygen atoms in total. The molecule has 0 spiro atoms. The minimum absolute atomic E-state index is 0.642. The minimum Gasteiger partial charge on any atom is -0.404 e. The van der Waals surface area contributed by atoms with Crippen LogP contribution in [0.3, 0.4) is 0 Å². The number of benzene rings is 5. The van der Waals surface area contributed by atoms with Crippen molar-refractivity contribution in [2.45, 2.75) is 6.92 Å². The Morgan fingerprint density at radius 1 is 0.525 bits per heavy atom. The largest absolute Gasteiger partial charge is 0.404 e. The molecule has 0 aliphatic heterocycles. The number of fused-ring (bicyclic) bond motifs is 1. The fourth-order valence-electron chi connectivity index (χ4n) is 4.95. The lowest BCUT2D eigenvalue weighted by atomic mass is 9.92. The molecule has 6 aromatic rings. The molecule has 0 aliphatic rings. The van der Waals surface area contributed by atoms with Gasteiger partial charge < -0.3 is 5.73 Å². The zero-order chi connectivity index (χ0) is 27.3. The van der Waals surface area contributed by atoms with Crippen LogP contribution in [0, 0.1) is 0 Å². The van der Waals surface area contributed by atoms with Gasteiger partial charge in [-0.15, -0.1) is 0 Å². The summed E-state index contributed by atoms with van der Waals surface area (Å²) in [6, 6.07) is 41.3. The summed E-state index contributed by atoms with van der Waals surface area (Å²) in [6.45, 7) is 2.00. The summed E-state index contributed by atoms with van der Waals surface area (Å²) in [7, 11) is 0. The Morgan fingerprint density at radius 2 is 1.00 bits per heavy atom. The van der Waals surface area contributed by atoms with Crippen molar-refractivity contribution in [3.63, 3.8) is 0 Å². The van der Waals surface area contributed by atoms with Gasteiger partial charge in [0.2, 0.25) is 0 Å². The van der Waals surface area contributed by atoms with Gasteiger partial charge in [0.05, 0.1) is 0 Å². The molecule has 0 aliphatic carbocycles. The van der Waals surface area contributed by atoms with Crippen LogP contribution in [-0.4, -0.2) is 15.0 Å². The van der Waals surface area contributed by atoms with Crippen LogP contribution >= 0.6 is 0 Å². The van der Waals surface area contributed by atoms with Gasteiger partial charge in [-0.2, -0.15) is 0 Å². The normalized spacial score (nSPS) is 11.8. The second-order valence-electron chi connectivity index (χ2n) is 9.44. The van der Waals surface area contributed by atoms with Gasteiger partial charge in [-0.25, -0.2) is 15.0 Å². The first-order valence-electron chi connectivity index (χ1n) is 13.3. The molecule has 6 rings (SSSR count). The molecule has 0 amide bonds. The molecule has 4 heteroatoms. The Bertz CT molecular complexity index is 1780. The molecule has 40 heavy (non-hydrogen) atoms. The van der Waals surface area contributed by atoms with E-state index in [1.807, 2.05) is 79.7 Å². The predicted molar refractivity (Wildman–Crippen MR) is 166 cm³/mol. The van der Waals surface area contributed by atoms with Gasteiger partial charge in [-0.3, -0.25) is 0 Å². The summed E-state index contributed by atoms with van der Waals surface area (Å²) in [5.74, 6) is 1.95. The fourth-order valence-corrected chi connectivity index (χ4v) is 4.95. The van der Waals surface area contributed by atoms with Crippen molar-refractivity contribution >= 4 is 16.3 Å². The van der Waals surface area contributed by atoms with Crippen molar-refractivity contribution in [1.29, 1.82) is 0 Å². The van der Waals surface area contributed by atoms with Crippen LogP contribution in [0.5, 0.6) is 0 Å². The van der Waals surface area contributed by atoms with Gasteiger partial charge >= 0.3 is 0 Å². The molecule has 0 saturated carbocycles. The van der Waals surface area contributed by atoms with Crippen LogP contribution in [0.15, 0.2) is 140 Å². The molecule has 0 atom stereocenters. The molecular formula is C36H28N4. The topological polar surface area (TPSA) is 64.7 Å². The van der Waals surface area contributed by atoms with E-state index in [0.717, 1.165) is 44.3 Å². The highest BCUT2D eigenvalue weighted by Gasteiger charge is 2.13. The molecule has 192 valence electrons. The molecule has 0 fully saturated rings. The highest BCUT2D eigenvalue weighted by atomic mass is 15.0. The minimum atomic E-state index is 0.642. The zero-order valence-electron chi connectivity index (χ0n) is 22.2. The van der Waals surface area contributed by atoms with E-state index in [2.05, 4.69) is 60.7 Å². The van der Waals surface area contributed by atoms with Crippen molar-refractivity contribution in [2.75, 3.05) is 0 Å². The highest BCUT2D eigenvalue weighted by molar-refractivity contribution is 6.03. The lowest BCUT2D eigenvalue weighted by Gasteiger charge is -2.13. The number of rotatable bonds is 6. The maximum absolute atomic E-state index is 5.97. The van der Waals surface area contributed by atoms with Crippen LogP contribution in [0.4, 0.5) is 0 Å². The van der Waals surface area contributed by atoms with E-state index in [-0.39, 0.29) is 0 Å². The molecule has 5 aromatic carbocycles. The fraction of sp³-hybridized carbons (Fsp3) is 0.0278. The van der Waals surface area contributed by atoms with E-state index >= 15 is 0 Å². The molecule has 0 radical (unpaired) electrons. The highest BCUT2D eigenvalue weighted by Crippen LogP contribution is 2.35. The van der Waals surface area contributed by atoms with Gasteiger partial charge in [0, 0.05) is 22.9 Å². The van der Waals surface area contributed by atoms with Gasteiger partial charge in [0.15, 0.2) is 17.5 Å². The molecule has 0 saturated heterocycles. The van der Waals surface area contributed by atoms with Crippen LogP contribution < -0.4 is 5.73 Å². The first-order chi connectivity index (χ1) is 19.7. The van der Waals surface area contributed by atoms with Gasteiger partial charge in [-0.05, 0) is 40.0 Å². The second kappa shape index (κ2) is 11.2. The Morgan fingerprint density at radius 3 is 1.52 bits per heavy atom. The Hall–Kier alpha value is -5.35. The van der Waals surface area contributed by atoms with Gasteiger partial charge in [0.1, 0.15) is 0 Å². The maximum Gasteiger partial charge on any atom is 0.164 e. The summed E-state index contributed by atoms with van der Waals surface area (Å²) in [6.07, 6.45) is 5.71. The van der Waals surface area contributed by atoms with Crippen molar-refractivity contribution in [3.8, 4) is 45.3 Å². The van der Waals surface area contributed by atoms with Gasteiger partial charge in [-0.1, -0.05) is 133 Å². The van der Waals surface area contributed by atoms with Crippen LogP contribution in [0.1, 0.15) is 12.5 Å². The Labute approximate surface area is 234 Å². The predicted octanol–water partition coefficient (Wildman–Crippen LogP) is 8.57. The Kier molecular flexibility index (Phi) is 6.97. The monoisotopic (exact) mass is 516 g/mol. The summed E-state index contributed by atoms with van der Waals surface area (Å²) in [5, 5.41) is 2.34. The molecule has 1 aromatic heterocycles. The summed E-state index contributed by atoms with van der Waals surface area (Å²) in [4.78, 5) is 14.5. The standard InChI is InChI=1S/C36H28N4/c1-2-11-29(24-37)31-23-22-30(32-16-9-10-17-33(31)32)25-18-20-28(21-19-25)36-39-34(26-12-5-3-6-13-26)38-35(40-36)27-14-7-4-8-15-27/h2-24H,37H2,1H3/b11-2-,29-24+. The first kappa shape index (κ1) is 25.0. The van der Waals surface area contributed by atoms with E-state index in [9.17, 15) is 0 Å². The molecule has 2 N–H and O–H groups in total. The second-order valence-corrected chi connectivity index (χ2v) is 9.44. The average Bonchev–Trinajstić information content (AvgIpc) is 3.04. The number of nitrogens with zero attached hydrogens (tertiary/aromatic N) is 3. The third kappa shape index (κ3) is 4.91. The lowest BCUT2D eigenvalue weighted by Crippen LogP contribution is -2.00. The smallest absolute Gasteiger partial charge is 0.164 e. The van der Waals surface area contributed by atoms with E-state index in [0.29, 0.717) is 17.5 Å². The number of nitrogens with two attached hydrogens (primary N) is 1. The maximum atomic E-state index is 5.97. The Balaban J connectivity index is 1.43. The molecule has 0 bridgehead atoms. The van der Waals surface area contributed by atoms with Crippen molar-refractivity contribution in [3.05, 3.63) is 145 Å². The molecule has 1 heterocycles. The lowest BCUT2D eigenvalue weighted by molar-refractivity contribution is 1.07. The van der Waals surface area contributed by atoms with Crippen molar-refractivity contribution < 1.29 is 0 Å². The summed E-state index contributed by atoms with van der Waals surface area (Å²) < 4.78 is 0. The third-order valence-corrected chi connectivity index (χ3v) is 6.91. The van der Waals surface area contributed by atoms with E-state index in [1.54, 1.807) is 6.20 Å². The van der Waals surface area contributed by atoms with Crippen molar-refractivity contribution in [2.24, 2.45) is 5.73 Å². The number of hydrogen-bond donors (Lipinski definition) is 1. The van der Waals surface area contributed by atoms with E-state index < -0.39 is 0 Å². The van der Waals surface area contributed by atoms with Crippen LogP contribution in [0.2, 0.25) is 0 Å². The van der Waals surface area contributed by atoms with Gasteiger partial charge in [0.25, 0.3) is 0 Å². The SMILES string of the molecule is C/C=C\C(=C/N)c1ccc(-c2ccc(-c3nc(-c4ccccc4)nc(-c4ccccc4)n3)cc2)c2ccccc12. The van der Waals surface area contributed by atoms with Crippen LogP contribution in [-0.2, 0) is 0 Å². The first-order valence-corrected chi connectivity index (χ1v) is 13.3. The number of aromatic nitrogens is 3. The average molecular weight is 517 g/mol. The van der Waals surface area contributed by atoms with Crippen molar-refractivity contribution in [1.82, 2.24) is 15.0 Å². The molecule has 0 unspecified atom stereocenters.